The number of hydrogen-bond donors (Lipinski definition) is 2. The van der Waals surface area contributed by atoms with Crippen LogP contribution in [0.1, 0.15) is 71.4 Å². The molecule has 6 nitrogen and oxygen atoms in total. The summed E-state index contributed by atoms with van der Waals surface area (Å²) in [5.74, 6) is 0.719. The quantitative estimate of drug-likeness (QED) is 0.414. The van der Waals surface area contributed by atoms with Crippen LogP contribution in [-0.4, -0.2) is 47.5 Å². The number of aromatic nitrogens is 1. The number of rotatable bonds is 8. The van der Waals surface area contributed by atoms with Crippen molar-refractivity contribution in [3.8, 4) is 0 Å². The molecule has 6 heteroatoms. The highest BCUT2D eigenvalue weighted by molar-refractivity contribution is 5.94. The highest BCUT2D eigenvalue weighted by Gasteiger charge is 2.36. The molecule has 0 spiro atoms. The average Bonchev–Trinajstić information content (AvgIpc) is 3.38. The Morgan fingerprint density at radius 2 is 1.57 bits per heavy atom. The van der Waals surface area contributed by atoms with Crippen LogP contribution in [0.25, 0.3) is 0 Å². The summed E-state index contributed by atoms with van der Waals surface area (Å²) in [7, 11) is 0. The third kappa shape index (κ3) is 5.92. The first-order valence-electron chi connectivity index (χ1n) is 15.0. The summed E-state index contributed by atoms with van der Waals surface area (Å²) >= 11 is 0. The van der Waals surface area contributed by atoms with Crippen LogP contribution in [0.5, 0.6) is 0 Å². The molecule has 3 heterocycles. The van der Waals surface area contributed by atoms with E-state index in [0.29, 0.717) is 18.7 Å². The minimum absolute atomic E-state index is 0.0376. The van der Waals surface area contributed by atoms with Crippen LogP contribution < -0.4 is 10.6 Å². The number of nitrogens with one attached hydrogen (secondary N) is 2. The fourth-order valence-corrected chi connectivity index (χ4v) is 6.75. The molecule has 0 radical (unpaired) electrons. The van der Waals surface area contributed by atoms with Gasteiger partial charge < -0.3 is 20.1 Å². The van der Waals surface area contributed by atoms with Crippen molar-refractivity contribution in [3.05, 3.63) is 107 Å². The molecular formula is C34H40N4O2. The fourth-order valence-electron chi connectivity index (χ4n) is 6.75. The number of nitrogens with zero attached hydrogens (tertiary/aromatic N) is 2. The number of fused-ring (bicyclic) bond motifs is 3. The second-order valence-electron chi connectivity index (χ2n) is 11.6. The molecule has 2 aliphatic heterocycles. The van der Waals surface area contributed by atoms with Gasteiger partial charge in [0.25, 0.3) is 5.91 Å². The Balaban J connectivity index is 1.12. The van der Waals surface area contributed by atoms with Crippen molar-refractivity contribution in [1.29, 1.82) is 0 Å². The van der Waals surface area contributed by atoms with Crippen LogP contribution in [-0.2, 0) is 17.6 Å². The molecule has 3 aliphatic rings. The van der Waals surface area contributed by atoms with Gasteiger partial charge >= 0.3 is 0 Å². The molecule has 2 amide bonds. The lowest BCUT2D eigenvalue weighted by Crippen LogP contribution is -2.40. The average molecular weight is 537 g/mol. The van der Waals surface area contributed by atoms with Crippen LogP contribution in [0, 0.1) is 5.92 Å². The summed E-state index contributed by atoms with van der Waals surface area (Å²) in [6.07, 6.45) is 9.31. The number of amides is 2. The molecule has 0 bridgehead atoms. The zero-order valence-corrected chi connectivity index (χ0v) is 23.2. The van der Waals surface area contributed by atoms with Crippen LogP contribution in [0.15, 0.2) is 84.6 Å². The Kier molecular flexibility index (Phi) is 8.14. The van der Waals surface area contributed by atoms with E-state index < -0.39 is 6.04 Å². The zero-order chi connectivity index (χ0) is 27.3. The highest BCUT2D eigenvalue weighted by atomic mass is 16.2. The fraction of sp³-hybridized carbons (Fsp3) is 0.412. The summed E-state index contributed by atoms with van der Waals surface area (Å²) < 4.78 is 2.03. The van der Waals surface area contributed by atoms with Crippen molar-refractivity contribution in [3.63, 3.8) is 0 Å². The Labute approximate surface area is 237 Å². The number of hydrogen-bond acceptors (Lipinski definition) is 3. The summed E-state index contributed by atoms with van der Waals surface area (Å²) in [6.45, 7) is 3.60. The van der Waals surface area contributed by atoms with E-state index >= 15 is 0 Å². The van der Waals surface area contributed by atoms with Gasteiger partial charge in [-0.3, -0.25) is 9.59 Å². The molecule has 6 rings (SSSR count). The molecule has 1 aromatic heterocycles. The van der Waals surface area contributed by atoms with E-state index in [1.165, 1.54) is 18.4 Å². The van der Waals surface area contributed by atoms with E-state index in [4.69, 9.17) is 0 Å². The number of likely N-dealkylation sites (tertiary alicyclic amines) is 1. The van der Waals surface area contributed by atoms with E-state index in [1.807, 2.05) is 28.8 Å². The standard InChI is InChI=1S/C34H40N4O2/c39-33(35-19-22-37-20-17-27(18-21-37)23-25-9-3-1-4-10-25)31-16-15-30-28-13-7-8-14-29(28)36-34(40)32(38(30)31)24-26-11-5-2-6-12-26/h1-6,9-12,14-16,27-28,32H,7-8,13,17-24H2,(H,35,39)(H,36,40)/t28-,32?/m1/s1. The van der Waals surface area contributed by atoms with Gasteiger partial charge in [0.05, 0.1) is 0 Å². The number of piperidine rings is 1. The first-order valence-corrected chi connectivity index (χ1v) is 15.0. The number of benzene rings is 2. The molecule has 40 heavy (non-hydrogen) atoms. The maximum atomic E-state index is 13.6. The van der Waals surface area contributed by atoms with Gasteiger partial charge in [0.2, 0.25) is 5.91 Å². The van der Waals surface area contributed by atoms with Crippen molar-refractivity contribution < 1.29 is 9.59 Å². The van der Waals surface area contributed by atoms with Gasteiger partial charge in [-0.15, -0.1) is 0 Å². The van der Waals surface area contributed by atoms with Gasteiger partial charge in [-0.1, -0.05) is 66.7 Å². The van der Waals surface area contributed by atoms with E-state index in [1.54, 1.807) is 0 Å². The molecule has 3 aromatic rings. The van der Waals surface area contributed by atoms with Crippen molar-refractivity contribution in [2.24, 2.45) is 5.92 Å². The van der Waals surface area contributed by atoms with Crippen molar-refractivity contribution in [2.45, 2.75) is 56.9 Å². The molecule has 2 N–H and O–H groups in total. The lowest BCUT2D eigenvalue weighted by atomic mass is 9.90. The molecule has 208 valence electrons. The van der Waals surface area contributed by atoms with Crippen LogP contribution in [0.3, 0.4) is 0 Å². The largest absolute Gasteiger partial charge is 0.349 e. The maximum Gasteiger partial charge on any atom is 0.267 e. The predicted octanol–water partition coefficient (Wildman–Crippen LogP) is 5.24. The second kappa shape index (κ2) is 12.3. The first-order chi connectivity index (χ1) is 19.7. The molecule has 1 unspecified atom stereocenters. The van der Waals surface area contributed by atoms with E-state index in [2.05, 4.69) is 70.1 Å². The lowest BCUT2D eigenvalue weighted by Gasteiger charge is -2.32. The van der Waals surface area contributed by atoms with Gasteiger partial charge in [-0.25, -0.2) is 0 Å². The van der Waals surface area contributed by atoms with Gasteiger partial charge in [0, 0.05) is 36.8 Å². The minimum atomic E-state index is -0.469. The molecule has 1 saturated heterocycles. The van der Waals surface area contributed by atoms with E-state index in [-0.39, 0.29) is 17.7 Å². The molecular weight excluding hydrogens is 496 g/mol. The van der Waals surface area contributed by atoms with Gasteiger partial charge in [-0.05, 0) is 80.8 Å². The number of allylic oxidation sites excluding steroid dienone is 2. The van der Waals surface area contributed by atoms with Crippen molar-refractivity contribution >= 4 is 11.8 Å². The van der Waals surface area contributed by atoms with Gasteiger partial charge in [0.15, 0.2) is 0 Å². The van der Waals surface area contributed by atoms with E-state index in [9.17, 15) is 9.59 Å². The van der Waals surface area contributed by atoms with Gasteiger partial charge in [-0.2, -0.15) is 0 Å². The summed E-state index contributed by atoms with van der Waals surface area (Å²) in [6, 6.07) is 24.4. The Morgan fingerprint density at radius 3 is 2.30 bits per heavy atom. The van der Waals surface area contributed by atoms with Crippen LogP contribution in [0.4, 0.5) is 0 Å². The molecule has 1 fully saturated rings. The maximum absolute atomic E-state index is 13.6. The minimum Gasteiger partial charge on any atom is -0.349 e. The van der Waals surface area contributed by atoms with Crippen LogP contribution >= 0.6 is 0 Å². The molecule has 2 aromatic carbocycles. The Bertz CT molecular complexity index is 1340. The second-order valence-corrected chi connectivity index (χ2v) is 11.6. The summed E-state index contributed by atoms with van der Waals surface area (Å²) in [5, 5.41) is 6.40. The molecule has 1 aliphatic carbocycles. The van der Waals surface area contributed by atoms with Gasteiger partial charge in [0.1, 0.15) is 11.7 Å². The van der Waals surface area contributed by atoms with Crippen molar-refractivity contribution in [1.82, 2.24) is 20.1 Å². The lowest BCUT2D eigenvalue weighted by molar-refractivity contribution is -0.123. The topological polar surface area (TPSA) is 66.4 Å². The summed E-state index contributed by atoms with van der Waals surface area (Å²) in [5.41, 5.74) is 5.15. The number of carbonyl (C=O) groups excluding carboxylic acids is 2. The number of carbonyl (C=O) groups is 2. The first kappa shape index (κ1) is 26.6. The SMILES string of the molecule is O=C(NCCN1CCC(Cc2ccccc2)CC1)c1ccc2n1C(Cc1ccccc1)C(=O)NC1=CCCC[C@H]12. The Morgan fingerprint density at radius 1 is 0.875 bits per heavy atom. The predicted molar refractivity (Wildman–Crippen MR) is 158 cm³/mol. The highest BCUT2D eigenvalue weighted by Crippen LogP contribution is 2.38. The van der Waals surface area contributed by atoms with Crippen LogP contribution in [0.2, 0.25) is 0 Å². The molecule has 2 atom stereocenters. The van der Waals surface area contributed by atoms with Crippen molar-refractivity contribution in [2.75, 3.05) is 26.2 Å². The monoisotopic (exact) mass is 536 g/mol. The normalized spacial score (nSPS) is 21.5. The van der Waals surface area contributed by atoms with E-state index in [0.717, 1.165) is 68.2 Å². The molecule has 0 saturated carbocycles. The third-order valence-electron chi connectivity index (χ3n) is 8.92. The third-order valence-corrected chi connectivity index (χ3v) is 8.92. The summed E-state index contributed by atoms with van der Waals surface area (Å²) in [4.78, 5) is 29.6. The Hall–Kier alpha value is -3.64. The zero-order valence-electron chi connectivity index (χ0n) is 23.2. The smallest absolute Gasteiger partial charge is 0.267 e.